The number of nitrogens with one attached hydrogen (secondary N) is 1. The third-order valence-corrected chi connectivity index (χ3v) is 4.00. The molecule has 1 amide bonds. The summed E-state index contributed by atoms with van der Waals surface area (Å²) in [6.45, 7) is 3.81. The number of non-ortho nitro benzene ring substituents is 1. The van der Waals surface area contributed by atoms with Gasteiger partial charge < -0.3 is 10.2 Å². The summed E-state index contributed by atoms with van der Waals surface area (Å²) in [6.07, 6.45) is 1.36. The van der Waals surface area contributed by atoms with Gasteiger partial charge in [-0.15, -0.1) is 0 Å². The van der Waals surface area contributed by atoms with E-state index in [0.29, 0.717) is 16.9 Å². The second-order valence-electron chi connectivity index (χ2n) is 6.34. The quantitative estimate of drug-likeness (QED) is 0.376. The predicted molar refractivity (Wildman–Crippen MR) is 106 cm³/mol. The monoisotopic (exact) mass is 364 g/mol. The zero-order valence-corrected chi connectivity index (χ0v) is 15.6. The maximum Gasteiger partial charge on any atom is 0.270 e. The van der Waals surface area contributed by atoms with E-state index in [-0.39, 0.29) is 11.3 Å². The van der Waals surface area contributed by atoms with Crippen LogP contribution in [0.1, 0.15) is 16.7 Å². The number of rotatable bonds is 5. The van der Waals surface area contributed by atoms with E-state index in [2.05, 4.69) is 5.32 Å². The summed E-state index contributed by atoms with van der Waals surface area (Å²) in [7, 11) is 3.56. The van der Waals surface area contributed by atoms with Crippen LogP contribution in [0.15, 0.2) is 42.0 Å². The van der Waals surface area contributed by atoms with Crippen molar-refractivity contribution in [2.45, 2.75) is 13.8 Å². The largest absolute Gasteiger partial charge is 0.377 e. The fourth-order valence-corrected chi connectivity index (χ4v) is 2.63. The molecule has 0 fully saturated rings. The average Bonchev–Trinajstić information content (AvgIpc) is 2.61. The van der Waals surface area contributed by atoms with Crippen LogP contribution < -0.4 is 10.2 Å². The first-order valence-corrected chi connectivity index (χ1v) is 8.19. The van der Waals surface area contributed by atoms with Gasteiger partial charge in [-0.2, -0.15) is 5.26 Å². The summed E-state index contributed by atoms with van der Waals surface area (Å²) < 4.78 is 0. The van der Waals surface area contributed by atoms with Gasteiger partial charge in [-0.25, -0.2) is 0 Å². The lowest BCUT2D eigenvalue weighted by atomic mass is 10.1. The van der Waals surface area contributed by atoms with Crippen LogP contribution in [-0.4, -0.2) is 24.9 Å². The molecule has 0 spiro atoms. The van der Waals surface area contributed by atoms with Gasteiger partial charge in [0.15, 0.2) is 0 Å². The summed E-state index contributed by atoms with van der Waals surface area (Å²) >= 11 is 0. The van der Waals surface area contributed by atoms with E-state index in [0.717, 1.165) is 11.1 Å². The van der Waals surface area contributed by atoms with Crippen LogP contribution >= 0.6 is 0 Å². The van der Waals surface area contributed by atoms with Crippen LogP contribution in [0.4, 0.5) is 17.1 Å². The van der Waals surface area contributed by atoms with Gasteiger partial charge in [0.2, 0.25) is 0 Å². The first-order chi connectivity index (χ1) is 12.7. The second kappa shape index (κ2) is 8.15. The molecule has 0 aliphatic carbocycles. The molecular weight excluding hydrogens is 344 g/mol. The molecule has 0 heterocycles. The number of nitro groups is 1. The number of carbonyl (C=O) groups excluding carboxylic acids is 1. The highest BCUT2D eigenvalue weighted by molar-refractivity contribution is 6.10. The summed E-state index contributed by atoms with van der Waals surface area (Å²) in [5.41, 5.74) is 3.38. The number of aryl methyl sites for hydroxylation is 2. The SMILES string of the molecule is Cc1ccc(NC(=O)/C(C#N)=C/c2cc([N+](=O)[O-])ccc2N(C)C)c(C)c1. The number of amides is 1. The van der Waals surface area contributed by atoms with Crippen molar-refractivity contribution in [3.8, 4) is 6.07 Å². The van der Waals surface area contributed by atoms with E-state index in [9.17, 15) is 20.2 Å². The first kappa shape index (κ1) is 19.7. The Morgan fingerprint density at radius 2 is 1.93 bits per heavy atom. The average molecular weight is 364 g/mol. The fourth-order valence-electron chi connectivity index (χ4n) is 2.63. The van der Waals surface area contributed by atoms with E-state index in [4.69, 9.17) is 0 Å². The summed E-state index contributed by atoms with van der Waals surface area (Å²) in [4.78, 5) is 24.8. The minimum atomic E-state index is -0.569. The number of nitro benzene ring substituents is 1. The summed E-state index contributed by atoms with van der Waals surface area (Å²) in [5.74, 6) is -0.569. The van der Waals surface area contributed by atoms with Crippen LogP contribution in [0.25, 0.3) is 6.08 Å². The molecule has 0 radical (unpaired) electrons. The van der Waals surface area contributed by atoms with Gasteiger partial charge in [0.1, 0.15) is 11.6 Å². The van der Waals surface area contributed by atoms with Crippen molar-refractivity contribution in [1.82, 2.24) is 0 Å². The van der Waals surface area contributed by atoms with Crippen LogP contribution in [0.5, 0.6) is 0 Å². The molecule has 0 atom stereocenters. The lowest BCUT2D eigenvalue weighted by Gasteiger charge is -2.15. The number of nitrogens with zero attached hydrogens (tertiary/aromatic N) is 3. The van der Waals surface area contributed by atoms with Gasteiger partial charge in [-0.05, 0) is 37.6 Å². The van der Waals surface area contributed by atoms with Crippen molar-refractivity contribution in [2.75, 3.05) is 24.3 Å². The summed E-state index contributed by atoms with van der Waals surface area (Å²) in [6, 6.07) is 11.8. The third-order valence-electron chi connectivity index (χ3n) is 4.00. The van der Waals surface area contributed by atoms with Gasteiger partial charge in [-0.3, -0.25) is 14.9 Å². The van der Waals surface area contributed by atoms with Crippen molar-refractivity contribution >= 4 is 29.0 Å². The minimum Gasteiger partial charge on any atom is -0.377 e. The molecule has 0 bridgehead atoms. The van der Waals surface area contributed by atoms with Gasteiger partial charge in [-0.1, -0.05) is 17.7 Å². The van der Waals surface area contributed by atoms with Crippen molar-refractivity contribution < 1.29 is 9.72 Å². The molecule has 7 nitrogen and oxygen atoms in total. The van der Waals surface area contributed by atoms with E-state index < -0.39 is 10.8 Å². The maximum atomic E-state index is 12.5. The molecule has 1 N–H and O–H groups in total. The number of carbonyl (C=O) groups is 1. The van der Waals surface area contributed by atoms with Crippen molar-refractivity contribution in [1.29, 1.82) is 5.26 Å². The maximum absolute atomic E-state index is 12.5. The third kappa shape index (κ3) is 4.70. The Bertz CT molecular complexity index is 972. The minimum absolute atomic E-state index is 0.112. The molecule has 2 aromatic carbocycles. The van der Waals surface area contributed by atoms with E-state index in [1.165, 1.54) is 18.2 Å². The predicted octanol–water partition coefficient (Wildman–Crippen LogP) is 3.82. The van der Waals surface area contributed by atoms with Crippen molar-refractivity contribution in [3.63, 3.8) is 0 Å². The molecule has 7 heteroatoms. The Balaban J connectivity index is 2.42. The van der Waals surface area contributed by atoms with Crippen LogP contribution in [0, 0.1) is 35.3 Å². The van der Waals surface area contributed by atoms with E-state index in [1.54, 1.807) is 31.1 Å². The molecule has 0 aliphatic heterocycles. The molecule has 0 saturated carbocycles. The lowest BCUT2D eigenvalue weighted by Crippen LogP contribution is -2.15. The molecule has 0 aromatic heterocycles. The van der Waals surface area contributed by atoms with Crippen LogP contribution in [0.2, 0.25) is 0 Å². The van der Waals surface area contributed by atoms with Gasteiger partial charge in [0.25, 0.3) is 11.6 Å². The normalized spacial score (nSPS) is 10.9. The fraction of sp³-hybridized carbons (Fsp3) is 0.200. The van der Waals surface area contributed by atoms with Gasteiger partial charge in [0.05, 0.1) is 4.92 Å². The van der Waals surface area contributed by atoms with Gasteiger partial charge >= 0.3 is 0 Å². The van der Waals surface area contributed by atoms with Crippen LogP contribution in [0.3, 0.4) is 0 Å². The Morgan fingerprint density at radius 1 is 1.22 bits per heavy atom. The van der Waals surface area contributed by atoms with Crippen molar-refractivity contribution in [3.05, 3.63) is 68.8 Å². The number of hydrogen-bond donors (Lipinski definition) is 1. The molecule has 138 valence electrons. The topological polar surface area (TPSA) is 99.3 Å². The molecule has 2 aromatic rings. The first-order valence-electron chi connectivity index (χ1n) is 8.19. The molecule has 2 rings (SSSR count). The zero-order valence-electron chi connectivity index (χ0n) is 15.6. The molecule has 0 aliphatic rings. The number of benzene rings is 2. The Kier molecular flexibility index (Phi) is 5.93. The molecule has 0 saturated heterocycles. The van der Waals surface area contributed by atoms with E-state index >= 15 is 0 Å². The Morgan fingerprint density at radius 3 is 2.48 bits per heavy atom. The zero-order chi connectivity index (χ0) is 20.1. The highest BCUT2D eigenvalue weighted by Gasteiger charge is 2.15. The lowest BCUT2D eigenvalue weighted by molar-refractivity contribution is -0.384. The second-order valence-corrected chi connectivity index (χ2v) is 6.34. The van der Waals surface area contributed by atoms with Crippen molar-refractivity contribution in [2.24, 2.45) is 0 Å². The number of nitriles is 1. The van der Waals surface area contributed by atoms with E-state index in [1.807, 2.05) is 32.0 Å². The molecular formula is C20H20N4O3. The highest BCUT2D eigenvalue weighted by atomic mass is 16.6. The van der Waals surface area contributed by atoms with Crippen LogP contribution in [-0.2, 0) is 4.79 Å². The highest BCUT2D eigenvalue weighted by Crippen LogP contribution is 2.27. The Labute approximate surface area is 157 Å². The molecule has 27 heavy (non-hydrogen) atoms. The Hall–Kier alpha value is -3.66. The van der Waals surface area contributed by atoms with Gasteiger partial charge in [0, 0.05) is 43.2 Å². The summed E-state index contributed by atoms with van der Waals surface area (Å²) in [5, 5.41) is 23.2. The number of anilines is 2. The molecule has 0 unspecified atom stereocenters. The smallest absolute Gasteiger partial charge is 0.270 e. The standard InChI is InChI=1S/C20H20N4O3/c1-13-5-7-18(14(2)9-13)22-20(25)16(12-21)10-15-11-17(24(26)27)6-8-19(15)23(3)4/h5-11H,1-4H3,(H,22,25)/b16-10+. The number of hydrogen-bond acceptors (Lipinski definition) is 5.